The summed E-state index contributed by atoms with van der Waals surface area (Å²) in [6.07, 6.45) is 1.88. The van der Waals surface area contributed by atoms with Crippen LogP contribution in [0.25, 0.3) is 17.2 Å². The third kappa shape index (κ3) is 3.67. The van der Waals surface area contributed by atoms with E-state index in [4.69, 9.17) is 9.47 Å². The molecule has 1 aliphatic heterocycles. The first-order valence-corrected chi connectivity index (χ1v) is 10.5. The average Bonchev–Trinajstić information content (AvgIpc) is 3.19. The van der Waals surface area contributed by atoms with Gasteiger partial charge in [0.2, 0.25) is 5.91 Å². The quantitative estimate of drug-likeness (QED) is 0.504. The Kier molecular flexibility index (Phi) is 5.21. The normalized spacial score (nSPS) is 15.0. The maximum absolute atomic E-state index is 12.7. The van der Waals surface area contributed by atoms with E-state index in [9.17, 15) is 4.79 Å². The zero-order valence-electron chi connectivity index (χ0n) is 18.4. The number of hydrogen-bond donors (Lipinski definition) is 1. The summed E-state index contributed by atoms with van der Waals surface area (Å²) in [7, 11) is 3.25. The third-order valence-corrected chi connectivity index (χ3v) is 5.74. The molecule has 4 aromatic rings. The van der Waals surface area contributed by atoms with Crippen LogP contribution in [0.3, 0.4) is 0 Å². The highest BCUT2D eigenvalue weighted by atomic mass is 16.5. The maximum Gasteiger partial charge on any atom is 0.272 e. The van der Waals surface area contributed by atoms with Crippen molar-refractivity contribution in [1.29, 1.82) is 0 Å². The van der Waals surface area contributed by atoms with E-state index < -0.39 is 0 Å². The van der Waals surface area contributed by atoms with Gasteiger partial charge in [-0.25, -0.2) is 4.98 Å². The van der Waals surface area contributed by atoms with Crippen molar-refractivity contribution in [2.75, 3.05) is 19.5 Å². The number of hydrogen-bond acceptors (Lipinski definition) is 7. The van der Waals surface area contributed by atoms with Gasteiger partial charge in [0, 0.05) is 29.0 Å². The molecule has 1 N–H and O–H groups in total. The summed E-state index contributed by atoms with van der Waals surface area (Å²) in [5, 5.41) is 15.9. The molecular weight excluding hydrogens is 420 g/mol. The van der Waals surface area contributed by atoms with Crippen LogP contribution >= 0.6 is 0 Å². The monoisotopic (exact) mass is 442 g/mol. The van der Waals surface area contributed by atoms with Crippen LogP contribution in [0, 0.1) is 6.92 Å². The van der Waals surface area contributed by atoms with Gasteiger partial charge in [-0.2, -0.15) is 14.9 Å². The van der Waals surface area contributed by atoms with E-state index in [1.165, 1.54) is 0 Å². The van der Waals surface area contributed by atoms with Crippen molar-refractivity contribution >= 4 is 11.7 Å². The van der Waals surface area contributed by atoms with Gasteiger partial charge >= 0.3 is 0 Å². The number of nitrogens with one attached hydrogen (secondary N) is 1. The molecule has 3 heterocycles. The summed E-state index contributed by atoms with van der Waals surface area (Å²) in [6.45, 7) is 1.91. The van der Waals surface area contributed by atoms with Crippen LogP contribution in [-0.2, 0) is 4.79 Å². The molecule has 1 amide bonds. The van der Waals surface area contributed by atoms with Crippen molar-refractivity contribution in [3.05, 3.63) is 71.5 Å². The lowest BCUT2D eigenvalue weighted by Gasteiger charge is -2.25. The minimum Gasteiger partial charge on any atom is -0.497 e. The van der Waals surface area contributed by atoms with Gasteiger partial charge in [-0.1, -0.05) is 18.2 Å². The predicted octanol–water partition coefficient (Wildman–Crippen LogP) is 3.52. The highest BCUT2D eigenvalue weighted by Crippen LogP contribution is 2.42. The fourth-order valence-corrected chi connectivity index (χ4v) is 4.20. The summed E-state index contributed by atoms with van der Waals surface area (Å²) in [5.74, 6) is 2.00. The molecule has 0 fully saturated rings. The van der Waals surface area contributed by atoms with Crippen molar-refractivity contribution in [3.63, 3.8) is 0 Å². The summed E-state index contributed by atoms with van der Waals surface area (Å²) in [5.41, 5.74) is 4.12. The highest BCUT2D eigenvalue weighted by Gasteiger charge is 2.34. The molecule has 0 spiro atoms. The van der Waals surface area contributed by atoms with Gasteiger partial charge < -0.3 is 14.8 Å². The molecule has 0 saturated heterocycles. The number of nitrogens with zero attached hydrogens (tertiary/aromatic N) is 5. The Hall–Kier alpha value is -4.27. The van der Waals surface area contributed by atoms with E-state index in [1.807, 2.05) is 55.5 Å². The van der Waals surface area contributed by atoms with E-state index >= 15 is 0 Å². The summed E-state index contributed by atoms with van der Waals surface area (Å²) in [6, 6.07) is 15.2. The Morgan fingerprint density at radius 3 is 2.61 bits per heavy atom. The van der Waals surface area contributed by atoms with Gasteiger partial charge in [-0.3, -0.25) is 4.79 Å². The first-order valence-electron chi connectivity index (χ1n) is 10.5. The number of methoxy groups -OCH3 is 2. The lowest BCUT2D eigenvalue weighted by atomic mass is 9.85. The second kappa shape index (κ2) is 8.34. The van der Waals surface area contributed by atoms with Crippen LogP contribution in [0.15, 0.2) is 54.7 Å². The Morgan fingerprint density at radius 1 is 1.06 bits per heavy atom. The van der Waals surface area contributed by atoms with Gasteiger partial charge in [0.25, 0.3) is 5.95 Å². The Morgan fingerprint density at radius 2 is 1.85 bits per heavy atom. The molecule has 2 aromatic heterocycles. The molecule has 33 heavy (non-hydrogen) atoms. The standard InChI is InChI=1S/C24H22N6O3/c1-14-22-18(17-6-4-5-7-20(17)33-3)12-21(31)27-23(22)30(29-14)24-26-19(13-25-28-24)15-8-10-16(32-2)11-9-15/h4-11,13,18H,12H2,1-3H3,(H,27,31). The zero-order chi connectivity index (χ0) is 22.9. The molecule has 1 aliphatic rings. The van der Waals surface area contributed by atoms with Crippen LogP contribution in [-0.4, -0.2) is 45.1 Å². The lowest BCUT2D eigenvalue weighted by molar-refractivity contribution is -0.116. The summed E-state index contributed by atoms with van der Waals surface area (Å²) >= 11 is 0. The topological polar surface area (TPSA) is 104 Å². The summed E-state index contributed by atoms with van der Waals surface area (Å²) in [4.78, 5) is 17.3. The maximum atomic E-state index is 12.7. The number of carbonyl (C=O) groups is 1. The molecule has 9 heteroatoms. The van der Waals surface area contributed by atoms with Crippen molar-refractivity contribution in [2.24, 2.45) is 0 Å². The van der Waals surface area contributed by atoms with Gasteiger partial charge in [0.15, 0.2) is 0 Å². The number of anilines is 1. The molecule has 0 saturated carbocycles. The van der Waals surface area contributed by atoms with Gasteiger partial charge in [-0.15, -0.1) is 5.10 Å². The fourth-order valence-electron chi connectivity index (χ4n) is 4.20. The molecule has 1 atom stereocenters. The molecular formula is C24H22N6O3. The van der Waals surface area contributed by atoms with E-state index in [0.29, 0.717) is 17.9 Å². The second-order valence-electron chi connectivity index (χ2n) is 7.68. The van der Waals surface area contributed by atoms with E-state index in [1.54, 1.807) is 25.1 Å². The minimum absolute atomic E-state index is 0.112. The minimum atomic E-state index is -0.198. The molecule has 0 aliphatic carbocycles. The molecule has 1 unspecified atom stereocenters. The largest absolute Gasteiger partial charge is 0.497 e. The van der Waals surface area contributed by atoms with Crippen LogP contribution in [0.2, 0.25) is 0 Å². The van der Waals surface area contributed by atoms with E-state index in [2.05, 4.69) is 25.6 Å². The number of rotatable bonds is 5. The molecule has 166 valence electrons. The number of ether oxygens (including phenoxy) is 2. The smallest absolute Gasteiger partial charge is 0.272 e. The number of aromatic nitrogens is 5. The SMILES string of the molecule is COc1ccc(-c2cnnc(-n3nc(C)c4c3NC(=O)CC4c3ccccc3OC)n2)cc1. The second-order valence-corrected chi connectivity index (χ2v) is 7.68. The molecule has 2 aromatic carbocycles. The van der Waals surface area contributed by atoms with Crippen molar-refractivity contribution in [2.45, 2.75) is 19.3 Å². The Labute approximate surface area is 190 Å². The van der Waals surface area contributed by atoms with Crippen molar-refractivity contribution in [3.8, 4) is 28.7 Å². The molecule has 9 nitrogen and oxygen atoms in total. The number of benzene rings is 2. The predicted molar refractivity (Wildman–Crippen MR) is 122 cm³/mol. The average molecular weight is 442 g/mol. The first-order chi connectivity index (χ1) is 16.1. The molecule has 0 radical (unpaired) electrons. The van der Waals surface area contributed by atoms with E-state index in [-0.39, 0.29) is 17.8 Å². The highest BCUT2D eigenvalue weighted by molar-refractivity contribution is 5.95. The van der Waals surface area contributed by atoms with Crippen LogP contribution in [0.4, 0.5) is 5.82 Å². The van der Waals surface area contributed by atoms with Gasteiger partial charge in [0.05, 0.1) is 31.8 Å². The van der Waals surface area contributed by atoms with Gasteiger partial charge in [0.1, 0.15) is 17.3 Å². The Bertz CT molecular complexity index is 1330. The number of para-hydroxylation sites is 1. The first kappa shape index (κ1) is 20.6. The van der Waals surface area contributed by atoms with Crippen LogP contribution in [0.1, 0.15) is 29.2 Å². The number of aryl methyl sites for hydroxylation is 1. The van der Waals surface area contributed by atoms with Crippen LogP contribution < -0.4 is 14.8 Å². The number of fused-ring (bicyclic) bond motifs is 1. The van der Waals surface area contributed by atoms with Gasteiger partial charge in [-0.05, 0) is 37.3 Å². The molecule has 0 bridgehead atoms. The number of carbonyl (C=O) groups excluding carboxylic acids is 1. The molecule has 5 rings (SSSR count). The summed E-state index contributed by atoms with van der Waals surface area (Å²) < 4.78 is 12.3. The third-order valence-electron chi connectivity index (χ3n) is 5.74. The Balaban J connectivity index is 1.60. The fraction of sp³-hybridized carbons (Fsp3) is 0.208. The number of amides is 1. The van der Waals surface area contributed by atoms with E-state index in [0.717, 1.165) is 33.9 Å². The van der Waals surface area contributed by atoms with Crippen molar-refractivity contribution in [1.82, 2.24) is 25.0 Å². The zero-order valence-corrected chi connectivity index (χ0v) is 18.4. The van der Waals surface area contributed by atoms with Crippen LogP contribution in [0.5, 0.6) is 11.5 Å². The van der Waals surface area contributed by atoms with Crippen molar-refractivity contribution < 1.29 is 14.3 Å². The lowest BCUT2D eigenvalue weighted by Crippen LogP contribution is -2.25.